The molecule has 2 N–H and O–H groups in total. The molecule has 6 heteroatoms. The topological polar surface area (TPSA) is 76.7 Å². The summed E-state index contributed by atoms with van der Waals surface area (Å²) in [6, 6.07) is 12.7. The van der Waals surface area contributed by atoms with Crippen molar-refractivity contribution in [3.63, 3.8) is 0 Å². The Labute approximate surface area is 166 Å². The maximum atomic E-state index is 12.8. The van der Waals surface area contributed by atoms with E-state index in [1.165, 1.54) is 0 Å². The van der Waals surface area contributed by atoms with Crippen LogP contribution < -0.4 is 15.4 Å². The molecule has 28 heavy (non-hydrogen) atoms. The maximum Gasteiger partial charge on any atom is 0.265 e. The van der Waals surface area contributed by atoms with Gasteiger partial charge in [0, 0.05) is 13.7 Å². The number of para-hydroxylation sites is 1. The summed E-state index contributed by atoms with van der Waals surface area (Å²) in [6.45, 7) is 6.67. The molecule has 0 fully saturated rings. The SMILES string of the molecule is CCC(Oc1cccc(C)c1C)C(=O)Nc1ccccc1C(=O)NCCOC. The maximum absolute atomic E-state index is 12.8. The molecule has 2 rings (SSSR count). The van der Waals surface area contributed by atoms with Crippen LogP contribution in [0.5, 0.6) is 5.75 Å². The molecule has 2 aromatic rings. The van der Waals surface area contributed by atoms with Crippen LogP contribution in [0.15, 0.2) is 42.5 Å². The highest BCUT2D eigenvalue weighted by Crippen LogP contribution is 2.23. The lowest BCUT2D eigenvalue weighted by Gasteiger charge is -2.20. The van der Waals surface area contributed by atoms with E-state index in [1.54, 1.807) is 31.4 Å². The van der Waals surface area contributed by atoms with Crippen molar-refractivity contribution in [2.45, 2.75) is 33.3 Å². The Morgan fingerprint density at radius 2 is 1.82 bits per heavy atom. The molecule has 150 valence electrons. The van der Waals surface area contributed by atoms with Gasteiger partial charge >= 0.3 is 0 Å². The van der Waals surface area contributed by atoms with E-state index in [9.17, 15) is 9.59 Å². The zero-order valence-corrected chi connectivity index (χ0v) is 16.9. The summed E-state index contributed by atoms with van der Waals surface area (Å²) >= 11 is 0. The van der Waals surface area contributed by atoms with Gasteiger partial charge in [0.2, 0.25) is 0 Å². The number of anilines is 1. The molecule has 0 saturated carbocycles. The minimum Gasteiger partial charge on any atom is -0.480 e. The molecule has 0 bridgehead atoms. The van der Waals surface area contributed by atoms with Gasteiger partial charge in [-0.3, -0.25) is 9.59 Å². The van der Waals surface area contributed by atoms with Crippen LogP contribution in [0.25, 0.3) is 0 Å². The van der Waals surface area contributed by atoms with Crippen LogP contribution in [0, 0.1) is 13.8 Å². The fourth-order valence-electron chi connectivity index (χ4n) is 2.69. The van der Waals surface area contributed by atoms with Crippen LogP contribution in [0.4, 0.5) is 5.69 Å². The van der Waals surface area contributed by atoms with Gasteiger partial charge in [-0.05, 0) is 49.6 Å². The monoisotopic (exact) mass is 384 g/mol. The van der Waals surface area contributed by atoms with E-state index in [1.807, 2.05) is 39.0 Å². The summed E-state index contributed by atoms with van der Waals surface area (Å²) in [5, 5.41) is 5.59. The minimum absolute atomic E-state index is 0.267. The largest absolute Gasteiger partial charge is 0.480 e. The third-order valence-electron chi connectivity index (χ3n) is 4.51. The quantitative estimate of drug-likeness (QED) is 0.649. The van der Waals surface area contributed by atoms with Crippen LogP contribution in [0.3, 0.4) is 0 Å². The summed E-state index contributed by atoms with van der Waals surface area (Å²) in [6.07, 6.45) is -0.161. The van der Waals surface area contributed by atoms with E-state index in [0.717, 1.165) is 11.1 Å². The van der Waals surface area contributed by atoms with Gasteiger partial charge in [0.15, 0.2) is 6.10 Å². The van der Waals surface area contributed by atoms with E-state index in [4.69, 9.17) is 9.47 Å². The lowest BCUT2D eigenvalue weighted by molar-refractivity contribution is -0.122. The summed E-state index contributed by atoms with van der Waals surface area (Å²) in [4.78, 5) is 25.2. The number of carbonyl (C=O) groups is 2. The average Bonchev–Trinajstić information content (AvgIpc) is 2.69. The van der Waals surface area contributed by atoms with Gasteiger partial charge in [0.25, 0.3) is 11.8 Å². The Hall–Kier alpha value is -2.86. The second-order valence-electron chi connectivity index (χ2n) is 6.50. The number of hydrogen-bond donors (Lipinski definition) is 2. The highest BCUT2D eigenvalue weighted by atomic mass is 16.5. The highest BCUT2D eigenvalue weighted by Gasteiger charge is 2.21. The lowest BCUT2D eigenvalue weighted by Crippen LogP contribution is -2.34. The minimum atomic E-state index is -0.662. The first kappa shape index (κ1) is 21.4. The summed E-state index contributed by atoms with van der Waals surface area (Å²) in [7, 11) is 1.57. The Balaban J connectivity index is 2.12. The first-order chi connectivity index (χ1) is 13.5. The van der Waals surface area contributed by atoms with E-state index in [2.05, 4.69) is 10.6 Å². The molecule has 1 unspecified atom stereocenters. The normalized spacial score (nSPS) is 11.6. The lowest BCUT2D eigenvalue weighted by atomic mass is 10.1. The smallest absolute Gasteiger partial charge is 0.265 e. The molecule has 0 aromatic heterocycles. The average molecular weight is 384 g/mol. The molecule has 2 aromatic carbocycles. The predicted molar refractivity (Wildman–Crippen MR) is 110 cm³/mol. The number of carbonyl (C=O) groups excluding carboxylic acids is 2. The second-order valence-corrected chi connectivity index (χ2v) is 6.50. The standard InChI is InChI=1S/C22H28N2O4/c1-5-19(28-20-12-8-9-15(2)16(20)3)22(26)24-18-11-7-6-10-17(18)21(25)23-13-14-27-4/h6-12,19H,5,13-14H2,1-4H3,(H,23,25)(H,24,26). The number of ether oxygens (including phenoxy) is 2. The fraction of sp³-hybridized carbons (Fsp3) is 0.364. The van der Waals surface area contributed by atoms with Gasteiger partial charge in [-0.25, -0.2) is 0 Å². The van der Waals surface area contributed by atoms with Gasteiger partial charge in [0.05, 0.1) is 17.9 Å². The third kappa shape index (κ3) is 5.57. The van der Waals surface area contributed by atoms with Crippen molar-refractivity contribution in [3.8, 4) is 5.75 Å². The zero-order chi connectivity index (χ0) is 20.5. The molecule has 0 heterocycles. The van der Waals surface area contributed by atoms with E-state index in [0.29, 0.717) is 36.6 Å². The van der Waals surface area contributed by atoms with Gasteiger partial charge in [-0.2, -0.15) is 0 Å². The number of rotatable bonds is 9. The Kier molecular flexibility index (Phi) is 8.02. The summed E-state index contributed by atoms with van der Waals surface area (Å²) < 4.78 is 10.9. The molecule has 0 saturated heterocycles. The number of aryl methyl sites for hydroxylation is 1. The highest BCUT2D eigenvalue weighted by molar-refractivity contribution is 6.04. The van der Waals surface area contributed by atoms with Crippen molar-refractivity contribution >= 4 is 17.5 Å². The van der Waals surface area contributed by atoms with Crippen molar-refractivity contribution < 1.29 is 19.1 Å². The molecule has 0 radical (unpaired) electrons. The number of amides is 2. The first-order valence-electron chi connectivity index (χ1n) is 9.37. The molecular weight excluding hydrogens is 356 g/mol. The van der Waals surface area contributed by atoms with Crippen LogP contribution in [-0.4, -0.2) is 38.2 Å². The van der Waals surface area contributed by atoms with Crippen molar-refractivity contribution in [1.82, 2.24) is 5.32 Å². The Bertz CT molecular complexity index is 820. The summed E-state index contributed by atoms with van der Waals surface area (Å²) in [5.41, 5.74) is 2.96. The zero-order valence-electron chi connectivity index (χ0n) is 16.9. The van der Waals surface area contributed by atoms with Crippen molar-refractivity contribution in [1.29, 1.82) is 0 Å². The summed E-state index contributed by atoms with van der Waals surface area (Å²) in [5.74, 6) is 0.129. The van der Waals surface area contributed by atoms with Gasteiger partial charge in [0.1, 0.15) is 5.75 Å². The van der Waals surface area contributed by atoms with Crippen molar-refractivity contribution in [2.75, 3.05) is 25.6 Å². The predicted octanol–water partition coefficient (Wildman–Crippen LogP) is 3.48. The molecule has 0 aliphatic carbocycles. The van der Waals surface area contributed by atoms with Crippen LogP contribution in [0.2, 0.25) is 0 Å². The van der Waals surface area contributed by atoms with Crippen molar-refractivity contribution in [2.24, 2.45) is 0 Å². The van der Waals surface area contributed by atoms with Gasteiger partial charge in [-0.1, -0.05) is 31.2 Å². The molecule has 0 aliphatic rings. The van der Waals surface area contributed by atoms with Gasteiger partial charge < -0.3 is 20.1 Å². The number of nitrogens with one attached hydrogen (secondary N) is 2. The van der Waals surface area contributed by atoms with Crippen molar-refractivity contribution in [3.05, 3.63) is 59.2 Å². The first-order valence-corrected chi connectivity index (χ1v) is 9.37. The van der Waals surface area contributed by atoms with E-state index < -0.39 is 6.10 Å². The Morgan fingerprint density at radius 1 is 1.07 bits per heavy atom. The molecule has 1 atom stereocenters. The van der Waals surface area contributed by atoms with E-state index >= 15 is 0 Å². The van der Waals surface area contributed by atoms with Gasteiger partial charge in [-0.15, -0.1) is 0 Å². The number of benzene rings is 2. The second kappa shape index (κ2) is 10.5. The third-order valence-corrected chi connectivity index (χ3v) is 4.51. The number of hydrogen-bond acceptors (Lipinski definition) is 4. The molecule has 2 amide bonds. The molecule has 6 nitrogen and oxygen atoms in total. The molecular formula is C22H28N2O4. The number of methoxy groups -OCH3 is 1. The molecule has 0 aliphatic heterocycles. The van der Waals surface area contributed by atoms with Crippen LogP contribution in [0.1, 0.15) is 34.8 Å². The van der Waals surface area contributed by atoms with Crippen LogP contribution in [-0.2, 0) is 9.53 Å². The van der Waals surface area contributed by atoms with Crippen LogP contribution >= 0.6 is 0 Å². The fourth-order valence-corrected chi connectivity index (χ4v) is 2.69. The van der Waals surface area contributed by atoms with E-state index in [-0.39, 0.29) is 11.8 Å². The Morgan fingerprint density at radius 3 is 2.54 bits per heavy atom. The molecule has 0 spiro atoms.